The number of hydrogen-bond donors (Lipinski definition) is 2. The molecule has 0 unspecified atom stereocenters. The molecule has 3 N–H and O–H groups in total. The van der Waals surface area contributed by atoms with Gasteiger partial charge in [0.25, 0.3) is 0 Å². The van der Waals surface area contributed by atoms with E-state index < -0.39 is 0 Å². The van der Waals surface area contributed by atoms with Crippen molar-refractivity contribution in [3.63, 3.8) is 0 Å². The number of fused-ring (bicyclic) bond motifs is 3. The van der Waals surface area contributed by atoms with Crippen LogP contribution >= 0.6 is 23.1 Å². The number of carbonyl (C=O) groups excluding carboxylic acids is 1. The lowest BCUT2D eigenvalue weighted by Crippen LogP contribution is -2.15. The number of rotatable bonds is 4. The summed E-state index contributed by atoms with van der Waals surface area (Å²) >= 11 is 3.05. The van der Waals surface area contributed by atoms with E-state index in [9.17, 15) is 4.79 Å². The van der Waals surface area contributed by atoms with Crippen LogP contribution in [0.4, 0.5) is 11.5 Å². The number of amides is 1. The Morgan fingerprint density at radius 3 is 2.93 bits per heavy atom. The zero-order valence-corrected chi connectivity index (χ0v) is 17.1. The largest absolute Gasteiger partial charge is 0.383 e. The number of thioether (sulfide) groups is 1. The molecule has 1 aliphatic carbocycles. The van der Waals surface area contributed by atoms with Crippen LogP contribution in [0.1, 0.15) is 34.4 Å². The standard InChI is InChI=1S/C20H22N4OS2/c1-11-7-8-12(2)14(9-11)22-16(25)10-26-20-23-18(21)17-13-5-3-4-6-15(13)27-19(17)24-20/h7-9H,3-6,10H2,1-2H3,(H,22,25)(H2,21,23,24). The molecule has 0 saturated carbocycles. The first-order chi connectivity index (χ1) is 13.0. The van der Waals surface area contributed by atoms with Gasteiger partial charge in [0.05, 0.1) is 11.1 Å². The Morgan fingerprint density at radius 1 is 1.26 bits per heavy atom. The number of aromatic nitrogens is 2. The van der Waals surface area contributed by atoms with Crippen LogP contribution < -0.4 is 11.1 Å². The zero-order valence-electron chi connectivity index (χ0n) is 15.5. The molecule has 5 nitrogen and oxygen atoms in total. The van der Waals surface area contributed by atoms with Crippen molar-refractivity contribution >= 4 is 50.7 Å². The lowest BCUT2D eigenvalue weighted by atomic mass is 9.97. The molecular formula is C20H22N4OS2. The van der Waals surface area contributed by atoms with Crippen molar-refractivity contribution in [2.45, 2.75) is 44.7 Å². The Hall–Kier alpha value is -2.12. The van der Waals surface area contributed by atoms with Crippen LogP contribution in [0.5, 0.6) is 0 Å². The van der Waals surface area contributed by atoms with Crippen molar-refractivity contribution in [1.82, 2.24) is 9.97 Å². The number of nitrogens with zero attached hydrogens (tertiary/aromatic N) is 2. The highest BCUT2D eigenvalue weighted by Crippen LogP contribution is 2.38. The topological polar surface area (TPSA) is 80.9 Å². The molecule has 0 bridgehead atoms. The van der Waals surface area contributed by atoms with E-state index in [0.29, 0.717) is 11.0 Å². The van der Waals surface area contributed by atoms with E-state index in [0.717, 1.165) is 39.9 Å². The minimum atomic E-state index is -0.0681. The number of aryl methyl sites for hydroxylation is 4. The van der Waals surface area contributed by atoms with Crippen molar-refractivity contribution in [1.29, 1.82) is 0 Å². The number of thiophene rings is 1. The van der Waals surface area contributed by atoms with Crippen LogP contribution in [0.2, 0.25) is 0 Å². The molecule has 0 radical (unpaired) electrons. The third kappa shape index (κ3) is 3.80. The van der Waals surface area contributed by atoms with Crippen molar-refractivity contribution in [3.8, 4) is 0 Å². The van der Waals surface area contributed by atoms with E-state index in [1.807, 2.05) is 32.0 Å². The fourth-order valence-corrected chi connectivity index (χ4v) is 5.39. The Morgan fingerprint density at radius 2 is 2.07 bits per heavy atom. The van der Waals surface area contributed by atoms with Gasteiger partial charge in [-0.05, 0) is 62.3 Å². The molecule has 27 heavy (non-hydrogen) atoms. The molecule has 7 heteroatoms. The summed E-state index contributed by atoms with van der Waals surface area (Å²) in [5.74, 6) is 0.724. The summed E-state index contributed by atoms with van der Waals surface area (Å²) in [7, 11) is 0. The molecule has 0 fully saturated rings. The molecule has 1 aliphatic rings. The minimum absolute atomic E-state index is 0.0681. The maximum absolute atomic E-state index is 12.3. The molecule has 1 aromatic carbocycles. The summed E-state index contributed by atoms with van der Waals surface area (Å²) in [6.45, 7) is 3.99. The molecule has 0 atom stereocenters. The summed E-state index contributed by atoms with van der Waals surface area (Å²) in [5, 5.41) is 4.56. The lowest BCUT2D eigenvalue weighted by molar-refractivity contribution is -0.113. The highest BCUT2D eigenvalue weighted by Gasteiger charge is 2.20. The van der Waals surface area contributed by atoms with Crippen molar-refractivity contribution in [2.75, 3.05) is 16.8 Å². The third-order valence-corrected chi connectivity index (χ3v) is 6.85. The highest BCUT2D eigenvalue weighted by atomic mass is 32.2. The molecule has 3 aromatic rings. The van der Waals surface area contributed by atoms with Crippen LogP contribution in [0, 0.1) is 13.8 Å². The van der Waals surface area contributed by atoms with Gasteiger partial charge >= 0.3 is 0 Å². The SMILES string of the molecule is Cc1ccc(C)c(NC(=O)CSc2nc(N)c3c4c(sc3n2)CCCC4)c1. The number of nitrogens with two attached hydrogens (primary N) is 1. The van der Waals surface area contributed by atoms with Crippen molar-refractivity contribution in [3.05, 3.63) is 39.8 Å². The van der Waals surface area contributed by atoms with Gasteiger partial charge in [-0.1, -0.05) is 23.9 Å². The third-order valence-electron chi connectivity index (χ3n) is 4.82. The first kappa shape index (κ1) is 18.3. The van der Waals surface area contributed by atoms with Gasteiger partial charge in [0.2, 0.25) is 5.91 Å². The molecule has 0 saturated heterocycles. The van der Waals surface area contributed by atoms with Crippen LogP contribution in [0.15, 0.2) is 23.4 Å². The highest BCUT2D eigenvalue weighted by molar-refractivity contribution is 7.99. The van der Waals surface area contributed by atoms with Gasteiger partial charge in [0.1, 0.15) is 10.6 Å². The average Bonchev–Trinajstić information content (AvgIpc) is 3.02. The maximum Gasteiger partial charge on any atom is 0.234 e. The van der Waals surface area contributed by atoms with Gasteiger partial charge in [0, 0.05) is 10.6 Å². The van der Waals surface area contributed by atoms with E-state index in [-0.39, 0.29) is 11.7 Å². The van der Waals surface area contributed by atoms with E-state index in [2.05, 4.69) is 15.3 Å². The molecular weight excluding hydrogens is 376 g/mol. The number of anilines is 2. The van der Waals surface area contributed by atoms with Gasteiger partial charge in [-0.25, -0.2) is 9.97 Å². The van der Waals surface area contributed by atoms with Crippen LogP contribution in [-0.2, 0) is 17.6 Å². The molecule has 0 spiro atoms. The van der Waals surface area contributed by atoms with Crippen LogP contribution in [0.3, 0.4) is 0 Å². The quantitative estimate of drug-likeness (QED) is 0.499. The maximum atomic E-state index is 12.3. The summed E-state index contributed by atoms with van der Waals surface area (Å²) < 4.78 is 0. The molecule has 4 rings (SSSR count). The van der Waals surface area contributed by atoms with E-state index >= 15 is 0 Å². The Labute approximate surface area is 166 Å². The zero-order chi connectivity index (χ0) is 19.0. The predicted octanol–water partition coefficient (Wildman–Crippen LogP) is 4.50. The fourth-order valence-electron chi connectivity index (χ4n) is 3.42. The number of hydrogen-bond acceptors (Lipinski definition) is 6. The summed E-state index contributed by atoms with van der Waals surface area (Å²) in [5.41, 5.74) is 10.6. The molecule has 0 aliphatic heterocycles. The van der Waals surface area contributed by atoms with Crippen molar-refractivity contribution in [2.24, 2.45) is 0 Å². The summed E-state index contributed by atoms with van der Waals surface area (Å²) in [4.78, 5) is 23.8. The number of nitrogens with one attached hydrogen (secondary N) is 1. The fraction of sp³-hybridized carbons (Fsp3) is 0.350. The smallest absolute Gasteiger partial charge is 0.234 e. The number of benzene rings is 1. The first-order valence-corrected chi connectivity index (χ1v) is 10.9. The van der Waals surface area contributed by atoms with Crippen LogP contribution in [0.25, 0.3) is 10.2 Å². The van der Waals surface area contributed by atoms with Gasteiger partial charge in [-0.2, -0.15) is 0 Å². The van der Waals surface area contributed by atoms with Gasteiger partial charge < -0.3 is 11.1 Å². The number of carbonyl (C=O) groups is 1. The van der Waals surface area contributed by atoms with Gasteiger partial charge in [0.15, 0.2) is 5.16 Å². The lowest BCUT2D eigenvalue weighted by Gasteiger charge is -2.11. The van der Waals surface area contributed by atoms with Crippen molar-refractivity contribution < 1.29 is 4.79 Å². The second-order valence-electron chi connectivity index (χ2n) is 6.94. The normalized spacial score (nSPS) is 13.6. The predicted molar refractivity (Wildman–Crippen MR) is 114 cm³/mol. The van der Waals surface area contributed by atoms with E-state index in [1.54, 1.807) is 11.3 Å². The summed E-state index contributed by atoms with van der Waals surface area (Å²) in [6, 6.07) is 6.02. The van der Waals surface area contributed by atoms with Gasteiger partial charge in [-0.15, -0.1) is 11.3 Å². The summed E-state index contributed by atoms with van der Waals surface area (Å²) in [6.07, 6.45) is 4.60. The monoisotopic (exact) mass is 398 g/mol. The van der Waals surface area contributed by atoms with Gasteiger partial charge in [-0.3, -0.25) is 4.79 Å². The Kier molecular flexibility index (Phi) is 5.06. The molecule has 1 amide bonds. The molecule has 2 heterocycles. The minimum Gasteiger partial charge on any atom is -0.383 e. The Bertz CT molecular complexity index is 1030. The molecule has 140 valence electrons. The van der Waals surface area contributed by atoms with E-state index in [1.165, 1.54) is 35.0 Å². The second kappa shape index (κ2) is 7.48. The second-order valence-corrected chi connectivity index (χ2v) is 8.96. The molecule has 2 aromatic heterocycles. The average molecular weight is 399 g/mol. The van der Waals surface area contributed by atoms with Crippen LogP contribution in [-0.4, -0.2) is 21.6 Å². The van der Waals surface area contributed by atoms with E-state index in [4.69, 9.17) is 5.73 Å². The first-order valence-electron chi connectivity index (χ1n) is 9.09. The number of nitrogen functional groups attached to an aromatic ring is 1. The Balaban J connectivity index is 1.49.